The molecule has 0 bridgehead atoms. The predicted octanol–water partition coefficient (Wildman–Crippen LogP) is 3.91. The summed E-state index contributed by atoms with van der Waals surface area (Å²) in [4.78, 5) is 16.0. The lowest BCUT2D eigenvalue weighted by atomic mass is 9.81. The van der Waals surface area contributed by atoms with Gasteiger partial charge in [-0.1, -0.05) is 13.8 Å². The van der Waals surface area contributed by atoms with Gasteiger partial charge in [-0.25, -0.2) is 13.8 Å². The number of carbonyl (C=O) groups excluding carboxylic acids is 1. The Labute approximate surface area is 161 Å². The average Bonchev–Trinajstić information content (AvgIpc) is 2.56. The van der Waals surface area contributed by atoms with Crippen molar-refractivity contribution in [2.24, 2.45) is 11.1 Å². The van der Waals surface area contributed by atoms with Crippen molar-refractivity contribution in [2.75, 3.05) is 18.5 Å². The second kappa shape index (κ2) is 11.4. The highest BCUT2D eigenvalue weighted by Gasteiger charge is 2.41. The quantitative estimate of drug-likeness (QED) is 0.590. The van der Waals surface area contributed by atoms with E-state index in [0.717, 1.165) is 0 Å². The number of nitrogens with one attached hydrogen (secondary N) is 1. The first-order chi connectivity index (χ1) is 11.2. The van der Waals surface area contributed by atoms with Gasteiger partial charge >= 0.3 is 12.3 Å². The van der Waals surface area contributed by atoms with Crippen LogP contribution in [0.2, 0.25) is 0 Å². The molecule has 0 aliphatic rings. The molecule has 0 spiro atoms. The molecule has 1 heterocycles. The zero-order valence-electron chi connectivity index (χ0n) is 14.3. The molecule has 11 heteroatoms. The fourth-order valence-electron chi connectivity index (χ4n) is 1.99. The predicted molar refractivity (Wildman–Crippen MR) is 95.9 cm³/mol. The number of amides is 1. The first-order valence-electron chi connectivity index (χ1n) is 7.47. The number of nitrogens with zero attached hydrogens (tertiary/aromatic N) is 1. The van der Waals surface area contributed by atoms with Gasteiger partial charge in [0.1, 0.15) is 0 Å². The van der Waals surface area contributed by atoms with Crippen LogP contribution in [0.5, 0.6) is 5.88 Å². The van der Waals surface area contributed by atoms with E-state index in [4.69, 9.17) is 5.73 Å². The van der Waals surface area contributed by atoms with Crippen molar-refractivity contribution in [1.82, 2.24) is 4.98 Å². The number of hydrogen-bond acceptors (Lipinski definition) is 4. The highest BCUT2D eigenvalue weighted by atomic mass is 35.5. The molecule has 0 aliphatic carbocycles. The van der Waals surface area contributed by atoms with E-state index >= 15 is 0 Å². The van der Waals surface area contributed by atoms with Crippen LogP contribution >= 0.6 is 24.8 Å². The molecule has 152 valence electrons. The number of nitrogens with two attached hydrogens (primary N) is 1. The summed E-state index contributed by atoms with van der Waals surface area (Å²) in [5.74, 6) is -4.77. The van der Waals surface area contributed by atoms with Crippen molar-refractivity contribution in [3.05, 3.63) is 18.3 Å². The zero-order valence-corrected chi connectivity index (χ0v) is 15.9. The minimum absolute atomic E-state index is 0. The van der Waals surface area contributed by atoms with E-state index in [9.17, 15) is 22.4 Å². The number of carbonyl (C=O) groups is 1. The molecular formula is C15H23Cl2F4N3O2. The van der Waals surface area contributed by atoms with E-state index in [1.165, 1.54) is 18.3 Å². The van der Waals surface area contributed by atoms with E-state index < -0.39 is 24.4 Å². The Kier molecular flexibility index (Phi) is 11.8. The van der Waals surface area contributed by atoms with E-state index in [1.54, 1.807) is 0 Å². The summed E-state index contributed by atoms with van der Waals surface area (Å²) in [5.41, 5.74) is 5.31. The van der Waals surface area contributed by atoms with Crippen molar-refractivity contribution in [2.45, 2.75) is 39.0 Å². The maximum Gasteiger partial charge on any atom is 0.340 e. The molecule has 26 heavy (non-hydrogen) atoms. The molecule has 1 aromatic rings. The molecular weight excluding hydrogens is 401 g/mol. The Morgan fingerprint density at radius 3 is 2.23 bits per heavy atom. The molecule has 1 amide bonds. The average molecular weight is 424 g/mol. The molecule has 0 fully saturated rings. The van der Waals surface area contributed by atoms with E-state index in [1.807, 2.05) is 13.8 Å². The highest BCUT2D eigenvalue weighted by Crippen LogP contribution is 2.27. The molecule has 1 rings (SSSR count). The lowest BCUT2D eigenvalue weighted by molar-refractivity contribution is -0.148. The van der Waals surface area contributed by atoms with Crippen LogP contribution in [0.1, 0.15) is 26.7 Å². The van der Waals surface area contributed by atoms with Gasteiger partial charge in [0.15, 0.2) is 6.61 Å². The summed E-state index contributed by atoms with van der Waals surface area (Å²) >= 11 is 0. The summed E-state index contributed by atoms with van der Waals surface area (Å²) < 4.78 is 54.1. The molecule has 0 saturated heterocycles. The first-order valence-corrected chi connectivity index (χ1v) is 7.47. The number of aromatic nitrogens is 1. The summed E-state index contributed by atoms with van der Waals surface area (Å²) in [6, 6.07) is 2.59. The molecule has 0 atom stereocenters. The van der Waals surface area contributed by atoms with Gasteiger partial charge in [-0.2, -0.15) is 8.78 Å². The van der Waals surface area contributed by atoms with Crippen molar-refractivity contribution >= 4 is 36.4 Å². The van der Waals surface area contributed by atoms with Gasteiger partial charge in [0, 0.05) is 12.6 Å². The Morgan fingerprint density at radius 2 is 1.85 bits per heavy atom. The number of halogens is 6. The zero-order chi connectivity index (χ0) is 18.4. The molecule has 1 aromatic heterocycles. The number of alkyl halides is 4. The van der Waals surface area contributed by atoms with Gasteiger partial charge in [0.25, 0.3) is 0 Å². The first kappa shape index (κ1) is 26.9. The van der Waals surface area contributed by atoms with Crippen LogP contribution in [-0.2, 0) is 4.79 Å². The smallest absolute Gasteiger partial charge is 0.340 e. The molecule has 0 aliphatic heterocycles. The number of rotatable bonds is 9. The highest BCUT2D eigenvalue weighted by molar-refractivity contribution is 5.95. The van der Waals surface area contributed by atoms with Gasteiger partial charge in [0.05, 0.1) is 17.3 Å². The third-order valence-electron chi connectivity index (χ3n) is 3.95. The fraction of sp³-hybridized carbons (Fsp3) is 0.600. The van der Waals surface area contributed by atoms with Crippen LogP contribution in [0.4, 0.5) is 23.2 Å². The van der Waals surface area contributed by atoms with Crippen molar-refractivity contribution < 1.29 is 27.1 Å². The number of hydrogen-bond donors (Lipinski definition) is 2. The summed E-state index contributed by atoms with van der Waals surface area (Å²) in [6.45, 7) is 2.41. The third kappa shape index (κ3) is 6.77. The molecule has 3 N–H and O–H groups in total. The van der Waals surface area contributed by atoms with Gasteiger partial charge in [-0.3, -0.25) is 4.79 Å². The maximum atomic E-state index is 12.8. The topological polar surface area (TPSA) is 77.2 Å². The number of ether oxygens (including phenoxy) is 1. The van der Waals surface area contributed by atoms with E-state index in [2.05, 4.69) is 15.0 Å². The lowest BCUT2D eigenvalue weighted by Crippen LogP contribution is -2.41. The molecule has 0 aromatic carbocycles. The van der Waals surface area contributed by atoms with Crippen LogP contribution in [0.3, 0.4) is 0 Å². The molecule has 0 radical (unpaired) electrons. The van der Waals surface area contributed by atoms with Crippen LogP contribution < -0.4 is 15.8 Å². The SMILES string of the molecule is CCC(CC)(CN)C(=O)Nc1ccc(OCC(F)(F)C(F)F)nc1.Cl.Cl. The molecule has 5 nitrogen and oxygen atoms in total. The maximum absolute atomic E-state index is 12.8. The Morgan fingerprint density at radius 1 is 1.27 bits per heavy atom. The monoisotopic (exact) mass is 423 g/mol. The van der Waals surface area contributed by atoms with Crippen LogP contribution in [0.25, 0.3) is 0 Å². The standard InChI is InChI=1S/C15H21F4N3O2.2ClH/c1-3-14(4-2,8-20)13(23)22-10-5-6-11(21-7-10)24-9-15(18,19)12(16)17;;/h5-7,12H,3-4,8-9,20H2,1-2H3,(H,22,23);2*1H. The number of pyridine rings is 1. The second-order valence-corrected chi connectivity index (χ2v) is 5.38. The summed E-state index contributed by atoms with van der Waals surface area (Å²) in [7, 11) is 0. The number of anilines is 1. The normalized spacial score (nSPS) is 11.4. The Bertz CT molecular complexity index is 536. The summed E-state index contributed by atoms with van der Waals surface area (Å²) in [6.07, 6.45) is -1.50. The van der Waals surface area contributed by atoms with Crippen LogP contribution in [0.15, 0.2) is 18.3 Å². The minimum atomic E-state index is -4.25. The van der Waals surface area contributed by atoms with Gasteiger partial charge in [0.2, 0.25) is 11.8 Å². The Hall–Kier alpha value is -1.32. The third-order valence-corrected chi connectivity index (χ3v) is 3.95. The summed E-state index contributed by atoms with van der Waals surface area (Å²) in [5, 5.41) is 2.65. The van der Waals surface area contributed by atoms with E-state index in [0.29, 0.717) is 18.5 Å². The lowest BCUT2D eigenvalue weighted by Gasteiger charge is -2.28. The van der Waals surface area contributed by atoms with Crippen LogP contribution in [0, 0.1) is 5.41 Å². The second-order valence-electron chi connectivity index (χ2n) is 5.38. The van der Waals surface area contributed by atoms with Gasteiger partial charge < -0.3 is 15.8 Å². The minimum Gasteiger partial charge on any atom is -0.471 e. The molecule has 0 unspecified atom stereocenters. The van der Waals surface area contributed by atoms with Gasteiger partial charge in [-0.05, 0) is 18.9 Å². The van der Waals surface area contributed by atoms with Crippen molar-refractivity contribution in [3.8, 4) is 5.88 Å². The van der Waals surface area contributed by atoms with Crippen LogP contribution in [-0.4, -0.2) is 36.4 Å². The van der Waals surface area contributed by atoms with E-state index in [-0.39, 0.29) is 43.1 Å². The van der Waals surface area contributed by atoms with Crippen molar-refractivity contribution in [1.29, 1.82) is 0 Å². The fourth-order valence-corrected chi connectivity index (χ4v) is 1.99. The largest absolute Gasteiger partial charge is 0.471 e. The van der Waals surface area contributed by atoms with Gasteiger partial charge in [-0.15, -0.1) is 24.8 Å². The molecule has 0 saturated carbocycles. The van der Waals surface area contributed by atoms with Crippen molar-refractivity contribution in [3.63, 3.8) is 0 Å². The Balaban J connectivity index is 0.